The summed E-state index contributed by atoms with van der Waals surface area (Å²) in [5.74, 6) is -2.96. The number of likely N-dealkylation sites (N-methyl/N-ethyl adjacent to an activating group) is 1. The molecule has 3 rings (SSSR count). The van der Waals surface area contributed by atoms with Crippen LogP contribution in [-0.2, 0) is 14.4 Å². The van der Waals surface area contributed by atoms with Crippen LogP contribution >= 0.6 is 0 Å². The molecule has 0 fully saturated rings. The summed E-state index contributed by atoms with van der Waals surface area (Å²) in [4.78, 5) is 31.4. The smallest absolute Gasteiger partial charge is 0.289 e. The number of halogens is 2. The van der Waals surface area contributed by atoms with Gasteiger partial charge in [-0.1, -0.05) is 24.3 Å². The number of aliphatic hydroxyl groups is 1. The Kier molecular flexibility index (Phi) is 5.41. The summed E-state index contributed by atoms with van der Waals surface area (Å²) in [6, 6.07) is 9.96. The molecule has 0 saturated heterocycles. The molecule has 0 unspecified atom stereocenters. The maximum atomic E-state index is 13.4. The molecule has 1 aliphatic heterocycles. The molecule has 6 nitrogen and oxygen atoms in total. The first-order valence-electron chi connectivity index (χ1n) is 8.39. The van der Waals surface area contributed by atoms with Crippen LogP contribution in [0.3, 0.4) is 0 Å². The molecule has 0 aromatic heterocycles. The van der Waals surface area contributed by atoms with Gasteiger partial charge in [-0.15, -0.1) is 0 Å². The number of rotatable bonds is 5. The van der Waals surface area contributed by atoms with Gasteiger partial charge in [-0.2, -0.15) is 0 Å². The van der Waals surface area contributed by atoms with Crippen molar-refractivity contribution in [3.05, 3.63) is 82.6 Å². The maximum absolute atomic E-state index is 13.4. The molecule has 1 N–H and O–H groups in total. The van der Waals surface area contributed by atoms with E-state index in [4.69, 9.17) is 4.84 Å². The molecule has 0 radical (unpaired) electrons. The quantitative estimate of drug-likeness (QED) is 0.800. The van der Waals surface area contributed by atoms with E-state index in [-0.39, 0.29) is 12.1 Å². The number of benzene rings is 2. The minimum atomic E-state index is -0.861. The molecule has 28 heavy (non-hydrogen) atoms. The van der Waals surface area contributed by atoms with Gasteiger partial charge in [-0.3, -0.25) is 14.4 Å². The molecule has 0 atom stereocenters. The second kappa shape index (κ2) is 7.77. The van der Waals surface area contributed by atoms with Crippen molar-refractivity contribution in [1.29, 1.82) is 0 Å². The predicted molar refractivity (Wildman–Crippen MR) is 95.8 cm³/mol. The monoisotopic (exact) mass is 388 g/mol. The van der Waals surface area contributed by atoms with Crippen LogP contribution in [0.2, 0.25) is 0 Å². The lowest BCUT2D eigenvalue weighted by molar-refractivity contribution is -0.181. The number of hydroxylamine groups is 2. The largest absolute Gasteiger partial charge is 0.503 e. The highest BCUT2D eigenvalue weighted by Crippen LogP contribution is 2.31. The van der Waals surface area contributed by atoms with E-state index in [2.05, 4.69) is 0 Å². The highest BCUT2D eigenvalue weighted by Gasteiger charge is 2.37. The fraction of sp³-hybridized carbons (Fsp3) is 0.200. The van der Waals surface area contributed by atoms with Crippen LogP contribution in [0, 0.1) is 11.6 Å². The minimum Gasteiger partial charge on any atom is -0.503 e. The van der Waals surface area contributed by atoms with E-state index >= 15 is 0 Å². The van der Waals surface area contributed by atoms with Gasteiger partial charge in [-0.05, 0) is 35.4 Å². The van der Waals surface area contributed by atoms with E-state index in [0.717, 1.165) is 5.06 Å². The molecule has 0 aliphatic carbocycles. The van der Waals surface area contributed by atoms with Crippen LogP contribution < -0.4 is 0 Å². The standard InChI is InChI=1S/C20H18F2N2O4/c1-23-11-16(18(25)20(23)27)19(26)24(28-2)17(12-3-7-14(21)8-4-12)13-5-9-15(22)10-6-13/h3-10,17,25H,11H2,1-2H3. The first kappa shape index (κ1) is 19.5. The molecule has 0 saturated carbocycles. The number of aliphatic hydroxyl groups excluding tert-OH is 1. The summed E-state index contributed by atoms with van der Waals surface area (Å²) in [6.45, 7) is -0.0804. The van der Waals surface area contributed by atoms with Crippen molar-refractivity contribution in [3.63, 3.8) is 0 Å². The molecule has 146 valence electrons. The predicted octanol–water partition coefficient (Wildman–Crippen LogP) is 2.73. The summed E-state index contributed by atoms with van der Waals surface area (Å²) in [7, 11) is 2.71. The molecule has 0 bridgehead atoms. The Hall–Kier alpha value is -3.26. The van der Waals surface area contributed by atoms with E-state index < -0.39 is 35.2 Å². The lowest BCUT2D eigenvalue weighted by Crippen LogP contribution is -2.37. The zero-order valence-corrected chi connectivity index (χ0v) is 15.2. The normalized spacial score (nSPS) is 14.2. The first-order chi connectivity index (χ1) is 13.3. The maximum Gasteiger partial charge on any atom is 0.289 e. The Bertz CT molecular complexity index is 881. The molecule has 2 aromatic carbocycles. The minimum absolute atomic E-state index is 0.0804. The van der Waals surface area contributed by atoms with Crippen molar-refractivity contribution in [2.75, 3.05) is 20.7 Å². The third-order valence-electron chi connectivity index (χ3n) is 4.49. The van der Waals surface area contributed by atoms with E-state index in [1.807, 2.05) is 0 Å². The summed E-state index contributed by atoms with van der Waals surface area (Å²) >= 11 is 0. The van der Waals surface area contributed by atoms with Gasteiger partial charge >= 0.3 is 0 Å². The van der Waals surface area contributed by atoms with Crippen LogP contribution in [0.15, 0.2) is 59.9 Å². The van der Waals surface area contributed by atoms with Gasteiger partial charge in [0.05, 0.1) is 19.2 Å². The number of amides is 2. The second-order valence-electron chi connectivity index (χ2n) is 6.31. The number of carbonyl (C=O) groups excluding carboxylic acids is 2. The zero-order chi connectivity index (χ0) is 20.4. The van der Waals surface area contributed by atoms with E-state index in [0.29, 0.717) is 11.1 Å². The Labute approximate surface area is 160 Å². The Balaban J connectivity index is 2.07. The first-order valence-corrected chi connectivity index (χ1v) is 8.39. The van der Waals surface area contributed by atoms with Crippen molar-refractivity contribution in [1.82, 2.24) is 9.96 Å². The highest BCUT2D eigenvalue weighted by molar-refractivity contribution is 6.06. The third kappa shape index (κ3) is 3.59. The van der Waals surface area contributed by atoms with Gasteiger partial charge < -0.3 is 10.0 Å². The van der Waals surface area contributed by atoms with Gasteiger partial charge in [0.15, 0.2) is 5.76 Å². The van der Waals surface area contributed by atoms with Gasteiger partial charge in [0.25, 0.3) is 11.8 Å². The van der Waals surface area contributed by atoms with Gasteiger partial charge in [0.1, 0.15) is 17.7 Å². The number of hydrogen-bond donors (Lipinski definition) is 1. The second-order valence-corrected chi connectivity index (χ2v) is 6.31. The average Bonchev–Trinajstić information content (AvgIpc) is 2.95. The van der Waals surface area contributed by atoms with Gasteiger partial charge in [0.2, 0.25) is 0 Å². The Morgan fingerprint density at radius 2 is 1.54 bits per heavy atom. The lowest BCUT2D eigenvalue weighted by atomic mass is 9.97. The number of hydrogen-bond acceptors (Lipinski definition) is 4. The summed E-state index contributed by atoms with van der Waals surface area (Å²) < 4.78 is 26.8. The van der Waals surface area contributed by atoms with E-state index in [9.17, 15) is 23.5 Å². The van der Waals surface area contributed by atoms with Gasteiger partial charge in [0, 0.05) is 7.05 Å². The van der Waals surface area contributed by atoms with Crippen LogP contribution in [0.5, 0.6) is 0 Å². The zero-order valence-electron chi connectivity index (χ0n) is 15.2. The third-order valence-corrected chi connectivity index (χ3v) is 4.49. The molecule has 2 amide bonds. The van der Waals surface area contributed by atoms with E-state index in [1.165, 1.54) is 67.6 Å². The van der Waals surface area contributed by atoms with Crippen LogP contribution in [0.1, 0.15) is 17.2 Å². The average molecular weight is 388 g/mol. The van der Waals surface area contributed by atoms with Gasteiger partial charge in [-0.25, -0.2) is 13.8 Å². The molecule has 1 heterocycles. The SMILES string of the molecule is CON(C(=O)C1=C(O)C(=O)N(C)C1)C(c1ccc(F)cc1)c1ccc(F)cc1. The van der Waals surface area contributed by atoms with Crippen molar-refractivity contribution in [3.8, 4) is 0 Å². The van der Waals surface area contributed by atoms with Crippen LogP contribution in [0.25, 0.3) is 0 Å². The molecule has 2 aromatic rings. The summed E-state index contributed by atoms with van der Waals surface area (Å²) in [5.41, 5.74) is 0.880. The lowest BCUT2D eigenvalue weighted by Gasteiger charge is -2.30. The molecule has 8 heteroatoms. The van der Waals surface area contributed by atoms with Crippen LogP contribution in [0.4, 0.5) is 8.78 Å². The fourth-order valence-corrected chi connectivity index (χ4v) is 3.05. The van der Waals surface area contributed by atoms with Crippen molar-refractivity contribution < 1.29 is 28.3 Å². The number of carbonyl (C=O) groups is 2. The molecule has 1 aliphatic rings. The molecular formula is C20H18F2N2O4. The topological polar surface area (TPSA) is 70.1 Å². The Morgan fingerprint density at radius 3 is 1.89 bits per heavy atom. The summed E-state index contributed by atoms with van der Waals surface area (Å²) in [6.07, 6.45) is 0. The van der Waals surface area contributed by atoms with Crippen LogP contribution in [-0.4, -0.2) is 47.6 Å². The summed E-state index contributed by atoms with van der Waals surface area (Å²) in [5, 5.41) is 11.0. The highest BCUT2D eigenvalue weighted by atomic mass is 19.1. The Morgan fingerprint density at radius 1 is 1.07 bits per heavy atom. The molecular weight excluding hydrogens is 370 g/mol. The van der Waals surface area contributed by atoms with Crippen molar-refractivity contribution in [2.24, 2.45) is 0 Å². The van der Waals surface area contributed by atoms with E-state index in [1.54, 1.807) is 0 Å². The van der Waals surface area contributed by atoms with Crippen molar-refractivity contribution in [2.45, 2.75) is 6.04 Å². The van der Waals surface area contributed by atoms with Crippen molar-refractivity contribution >= 4 is 11.8 Å². The fourth-order valence-electron chi connectivity index (χ4n) is 3.05. The molecule has 0 spiro atoms. The number of nitrogens with zero attached hydrogens (tertiary/aromatic N) is 2.